The van der Waals surface area contributed by atoms with Crippen molar-refractivity contribution >= 4 is 21.9 Å². The molecule has 2 aliphatic rings. The highest BCUT2D eigenvalue weighted by Crippen LogP contribution is 2.61. The predicted molar refractivity (Wildman–Crippen MR) is 221 cm³/mol. The van der Waals surface area contributed by atoms with E-state index in [2.05, 4.69) is 112 Å². The number of allylic oxidation sites excluding steroid dienone is 5. The second-order valence-corrected chi connectivity index (χ2v) is 14.8. The fraction of sp³-hybridized carbons (Fsp3) is 0.100. The molecule has 0 amide bonds. The fourth-order valence-corrected chi connectivity index (χ4v) is 9.05. The molecule has 0 bridgehead atoms. The van der Waals surface area contributed by atoms with Gasteiger partial charge in [-0.3, -0.25) is 0 Å². The highest BCUT2D eigenvalue weighted by molar-refractivity contribution is 6.05. The maximum Gasteiger partial charge on any atom is 0.164 e. The Hall–Kier alpha value is -6.85. The Balaban J connectivity index is 1.28. The lowest BCUT2D eigenvalue weighted by Gasteiger charge is -2.50. The Kier molecular flexibility index (Phi) is 7.36. The first kappa shape index (κ1) is 32.8. The van der Waals surface area contributed by atoms with Crippen molar-refractivity contribution in [1.29, 1.82) is 0 Å². The molecule has 55 heavy (non-hydrogen) atoms. The third-order valence-electron chi connectivity index (χ3n) is 11.4. The van der Waals surface area contributed by atoms with Crippen molar-refractivity contribution in [3.63, 3.8) is 0 Å². The molecular formula is C50H37N3O2. The minimum absolute atomic E-state index is 0.435. The second-order valence-electron chi connectivity index (χ2n) is 14.8. The van der Waals surface area contributed by atoms with E-state index in [1.807, 2.05) is 72.8 Å². The summed E-state index contributed by atoms with van der Waals surface area (Å²) in [5.74, 6) is 3.48. The number of furan rings is 1. The van der Waals surface area contributed by atoms with Crippen LogP contribution in [0.2, 0.25) is 0 Å². The van der Waals surface area contributed by atoms with Crippen molar-refractivity contribution in [3.05, 3.63) is 203 Å². The summed E-state index contributed by atoms with van der Waals surface area (Å²) >= 11 is 0. The van der Waals surface area contributed by atoms with Crippen LogP contribution in [0.15, 0.2) is 180 Å². The zero-order valence-electron chi connectivity index (χ0n) is 30.9. The zero-order chi connectivity index (χ0) is 37.3. The second kappa shape index (κ2) is 12.4. The van der Waals surface area contributed by atoms with Gasteiger partial charge in [0.15, 0.2) is 17.5 Å². The molecule has 10 rings (SSSR count). The van der Waals surface area contributed by atoms with E-state index >= 15 is 0 Å². The molecule has 1 atom stereocenters. The van der Waals surface area contributed by atoms with Crippen LogP contribution in [-0.4, -0.2) is 15.0 Å². The number of benzene rings is 6. The summed E-state index contributed by atoms with van der Waals surface area (Å²) in [5.41, 5.74) is 10.2. The molecule has 0 saturated carbocycles. The van der Waals surface area contributed by atoms with Gasteiger partial charge >= 0.3 is 0 Å². The number of nitrogens with zero attached hydrogens (tertiary/aromatic N) is 3. The standard InChI is InChI=1S/C50H37N3O2/c1-5-6-21-37-31(2)54-43-27-15-13-24-40(43)50(37)39-23-12-11-22-38(39)49(3,4)45-36(20-16-25-41(45)50)48-52-46(32-17-8-7-9-18-32)51-47(53-48)33-28-29-35-34-19-10-14-26-42(34)55-44(35)30-33/h5-30H,1H2,2-4H3/b21-6-. The summed E-state index contributed by atoms with van der Waals surface area (Å²) in [6.45, 7) is 10.7. The smallest absolute Gasteiger partial charge is 0.164 e. The van der Waals surface area contributed by atoms with E-state index in [-0.39, 0.29) is 0 Å². The van der Waals surface area contributed by atoms with Crippen LogP contribution in [0.5, 0.6) is 5.75 Å². The van der Waals surface area contributed by atoms with Gasteiger partial charge in [-0.2, -0.15) is 0 Å². The van der Waals surface area contributed by atoms with Crippen LogP contribution in [0.3, 0.4) is 0 Å². The molecule has 264 valence electrons. The van der Waals surface area contributed by atoms with E-state index in [0.29, 0.717) is 17.5 Å². The molecule has 0 N–H and O–H groups in total. The van der Waals surface area contributed by atoms with Crippen molar-refractivity contribution in [1.82, 2.24) is 15.0 Å². The van der Waals surface area contributed by atoms with E-state index in [9.17, 15) is 0 Å². The molecule has 1 aliphatic heterocycles. The SMILES string of the molecule is C=C/C=C\C1=C(C)Oc2ccccc2C12c1ccccc1C(C)(C)c1c(-c3nc(-c4ccccc4)nc(-c4ccc5c(c4)oc4ccccc45)n3)cccc12. The number of para-hydroxylation sites is 2. The molecule has 5 nitrogen and oxygen atoms in total. The molecule has 0 fully saturated rings. The van der Waals surface area contributed by atoms with Crippen molar-refractivity contribution in [2.24, 2.45) is 0 Å². The van der Waals surface area contributed by atoms with E-state index < -0.39 is 10.8 Å². The normalized spacial score (nSPS) is 16.9. The van der Waals surface area contributed by atoms with Crippen molar-refractivity contribution in [3.8, 4) is 39.9 Å². The lowest BCUT2D eigenvalue weighted by Crippen LogP contribution is -2.44. The Bertz CT molecular complexity index is 2920. The Morgan fingerprint density at radius 3 is 2.05 bits per heavy atom. The fourth-order valence-electron chi connectivity index (χ4n) is 9.05. The van der Waals surface area contributed by atoms with Crippen LogP contribution >= 0.6 is 0 Å². The molecule has 8 aromatic rings. The van der Waals surface area contributed by atoms with Crippen molar-refractivity contribution in [2.75, 3.05) is 0 Å². The lowest BCUT2D eigenvalue weighted by atomic mass is 9.52. The lowest BCUT2D eigenvalue weighted by molar-refractivity contribution is 0.381. The summed E-state index contributed by atoms with van der Waals surface area (Å²) in [6, 6.07) is 48.4. The molecule has 0 saturated heterocycles. The topological polar surface area (TPSA) is 61.0 Å². The molecule has 1 unspecified atom stereocenters. The first-order valence-corrected chi connectivity index (χ1v) is 18.6. The molecule has 2 aromatic heterocycles. The molecule has 1 spiro atoms. The van der Waals surface area contributed by atoms with Crippen LogP contribution in [-0.2, 0) is 10.8 Å². The van der Waals surface area contributed by atoms with Crippen molar-refractivity contribution < 1.29 is 9.15 Å². The van der Waals surface area contributed by atoms with E-state index in [4.69, 9.17) is 24.1 Å². The van der Waals surface area contributed by atoms with Gasteiger partial charge < -0.3 is 9.15 Å². The Labute approximate surface area is 320 Å². The largest absolute Gasteiger partial charge is 0.461 e. The molecule has 6 aromatic carbocycles. The number of hydrogen-bond acceptors (Lipinski definition) is 5. The van der Waals surface area contributed by atoms with Crippen molar-refractivity contribution in [2.45, 2.75) is 31.6 Å². The van der Waals surface area contributed by atoms with Gasteiger partial charge in [-0.15, -0.1) is 0 Å². The van der Waals surface area contributed by atoms with Crippen LogP contribution in [0.4, 0.5) is 0 Å². The summed E-state index contributed by atoms with van der Waals surface area (Å²) in [5, 5.41) is 2.14. The average Bonchev–Trinajstić information content (AvgIpc) is 3.60. The molecular weight excluding hydrogens is 675 g/mol. The van der Waals surface area contributed by atoms with Gasteiger partial charge in [0.1, 0.15) is 22.7 Å². The van der Waals surface area contributed by atoms with E-state index in [1.165, 1.54) is 16.7 Å². The highest BCUT2D eigenvalue weighted by atomic mass is 16.5. The van der Waals surface area contributed by atoms with E-state index in [0.717, 1.165) is 66.8 Å². The molecule has 0 radical (unpaired) electrons. The summed E-state index contributed by atoms with van der Waals surface area (Å²) < 4.78 is 12.9. The number of aromatic nitrogens is 3. The number of ether oxygens (including phenoxy) is 1. The first-order chi connectivity index (χ1) is 26.9. The third kappa shape index (κ3) is 4.82. The average molecular weight is 712 g/mol. The van der Waals surface area contributed by atoms with Gasteiger partial charge in [-0.25, -0.2) is 15.0 Å². The highest BCUT2D eigenvalue weighted by Gasteiger charge is 2.53. The van der Waals surface area contributed by atoms with Gasteiger partial charge in [0.05, 0.1) is 5.41 Å². The van der Waals surface area contributed by atoms with Crippen LogP contribution < -0.4 is 4.74 Å². The van der Waals surface area contributed by atoms with Gasteiger partial charge in [0.2, 0.25) is 0 Å². The molecule has 5 heteroatoms. The van der Waals surface area contributed by atoms with E-state index in [1.54, 1.807) is 0 Å². The molecule has 1 aliphatic carbocycles. The minimum Gasteiger partial charge on any atom is -0.461 e. The zero-order valence-corrected chi connectivity index (χ0v) is 30.9. The Morgan fingerprint density at radius 1 is 0.582 bits per heavy atom. The summed E-state index contributed by atoms with van der Waals surface area (Å²) in [7, 11) is 0. The number of hydrogen-bond donors (Lipinski definition) is 0. The maximum absolute atomic E-state index is 6.60. The first-order valence-electron chi connectivity index (χ1n) is 18.6. The predicted octanol–water partition coefficient (Wildman–Crippen LogP) is 12.2. The maximum atomic E-state index is 6.60. The van der Waals surface area contributed by atoms with Gasteiger partial charge in [0.25, 0.3) is 0 Å². The van der Waals surface area contributed by atoms with Gasteiger partial charge in [-0.05, 0) is 53.4 Å². The molecule has 3 heterocycles. The minimum atomic E-state index is -0.694. The summed E-state index contributed by atoms with van der Waals surface area (Å²) in [6.07, 6.45) is 5.99. The van der Waals surface area contributed by atoms with Crippen LogP contribution in [0.25, 0.3) is 56.1 Å². The number of rotatable bonds is 5. The number of fused-ring (bicyclic) bond motifs is 9. The van der Waals surface area contributed by atoms with Crippen LogP contribution in [0.1, 0.15) is 48.6 Å². The monoisotopic (exact) mass is 711 g/mol. The Morgan fingerprint density at radius 2 is 1.24 bits per heavy atom. The quantitative estimate of drug-likeness (QED) is 0.166. The van der Waals surface area contributed by atoms with Gasteiger partial charge in [0, 0.05) is 44.0 Å². The van der Waals surface area contributed by atoms with Gasteiger partial charge in [-0.1, -0.05) is 154 Å². The summed E-state index contributed by atoms with van der Waals surface area (Å²) in [4.78, 5) is 15.7. The van der Waals surface area contributed by atoms with Crippen LogP contribution in [0, 0.1) is 0 Å². The third-order valence-corrected chi connectivity index (χ3v) is 11.4.